The zero-order valence-corrected chi connectivity index (χ0v) is 14.3. The van der Waals surface area contributed by atoms with Gasteiger partial charge in [0, 0.05) is 42.9 Å². The van der Waals surface area contributed by atoms with E-state index in [1.165, 1.54) is 0 Å². The fourth-order valence-electron chi connectivity index (χ4n) is 3.75. The van der Waals surface area contributed by atoms with Gasteiger partial charge in [0.15, 0.2) is 11.5 Å². The van der Waals surface area contributed by atoms with Crippen molar-refractivity contribution < 1.29 is 14.3 Å². The Bertz CT molecular complexity index is 856. The lowest BCUT2D eigenvalue weighted by atomic mass is 9.86. The van der Waals surface area contributed by atoms with Gasteiger partial charge < -0.3 is 25.4 Å². The van der Waals surface area contributed by atoms with Crippen molar-refractivity contribution in [3.05, 3.63) is 12.1 Å². The molecule has 8 nitrogen and oxygen atoms in total. The highest BCUT2D eigenvalue weighted by atomic mass is 16.5. The van der Waals surface area contributed by atoms with Crippen LogP contribution in [-0.2, 0) is 4.79 Å². The van der Waals surface area contributed by atoms with E-state index < -0.39 is 0 Å². The van der Waals surface area contributed by atoms with Gasteiger partial charge in [-0.05, 0) is 12.5 Å². The average molecular weight is 343 g/mol. The molecule has 2 saturated heterocycles. The fraction of sp³-hybridized carbons (Fsp3) is 0.471. The van der Waals surface area contributed by atoms with Gasteiger partial charge in [-0.3, -0.25) is 4.79 Å². The second-order valence-electron chi connectivity index (χ2n) is 6.76. The predicted octanol–water partition coefficient (Wildman–Crippen LogP) is 0.946. The van der Waals surface area contributed by atoms with Crippen LogP contribution in [-0.4, -0.2) is 49.7 Å². The van der Waals surface area contributed by atoms with E-state index >= 15 is 0 Å². The Morgan fingerprint density at radius 2 is 2.00 bits per heavy atom. The van der Waals surface area contributed by atoms with Gasteiger partial charge in [-0.1, -0.05) is 0 Å². The molecule has 1 spiro atoms. The number of amides is 1. The molecule has 3 N–H and O–H groups in total. The molecule has 0 radical (unpaired) electrons. The smallest absolute Gasteiger partial charge is 0.227 e. The summed E-state index contributed by atoms with van der Waals surface area (Å²) in [7, 11) is 3.17. The third kappa shape index (κ3) is 2.57. The number of hydrogen-bond donors (Lipinski definition) is 2. The summed E-state index contributed by atoms with van der Waals surface area (Å²) in [6.45, 7) is 2.29. The Balaban J connectivity index is 1.70. The number of fused-ring (bicyclic) bond motifs is 1. The molecule has 2 aliphatic heterocycles. The average Bonchev–Trinajstić information content (AvgIpc) is 3.19. The van der Waals surface area contributed by atoms with E-state index in [0.717, 1.165) is 31.4 Å². The molecule has 2 aliphatic rings. The van der Waals surface area contributed by atoms with E-state index in [0.29, 0.717) is 35.2 Å². The van der Waals surface area contributed by atoms with Crippen molar-refractivity contribution in [3.8, 4) is 11.5 Å². The Labute approximate surface area is 145 Å². The van der Waals surface area contributed by atoms with Crippen LogP contribution in [0.4, 0.5) is 11.8 Å². The first-order chi connectivity index (χ1) is 12.0. The molecule has 4 rings (SSSR count). The van der Waals surface area contributed by atoms with E-state index in [2.05, 4.69) is 20.2 Å². The minimum atomic E-state index is -0.0121. The number of nitrogens with one attached hydrogen (secondary N) is 1. The monoisotopic (exact) mass is 343 g/mol. The number of nitrogen functional groups attached to an aromatic ring is 1. The van der Waals surface area contributed by atoms with Crippen LogP contribution >= 0.6 is 0 Å². The Kier molecular flexibility index (Phi) is 3.55. The van der Waals surface area contributed by atoms with Crippen molar-refractivity contribution in [1.82, 2.24) is 15.3 Å². The van der Waals surface area contributed by atoms with Crippen LogP contribution in [0.25, 0.3) is 10.9 Å². The number of methoxy groups -OCH3 is 2. The summed E-state index contributed by atoms with van der Waals surface area (Å²) in [6, 6.07) is 3.60. The van der Waals surface area contributed by atoms with Crippen LogP contribution in [0, 0.1) is 5.41 Å². The Hall–Kier alpha value is -2.77. The van der Waals surface area contributed by atoms with Gasteiger partial charge >= 0.3 is 0 Å². The summed E-state index contributed by atoms with van der Waals surface area (Å²) in [5, 5.41) is 3.66. The van der Waals surface area contributed by atoms with E-state index in [-0.39, 0.29) is 11.3 Å². The van der Waals surface area contributed by atoms with E-state index in [1.54, 1.807) is 20.3 Å². The molecular weight excluding hydrogens is 322 g/mol. The Morgan fingerprint density at radius 1 is 1.24 bits per heavy atom. The van der Waals surface area contributed by atoms with Gasteiger partial charge in [-0.15, -0.1) is 0 Å². The van der Waals surface area contributed by atoms with Crippen molar-refractivity contribution in [2.45, 2.75) is 12.8 Å². The predicted molar refractivity (Wildman–Crippen MR) is 93.9 cm³/mol. The maximum Gasteiger partial charge on any atom is 0.227 e. The molecule has 0 aliphatic carbocycles. The second-order valence-corrected chi connectivity index (χ2v) is 6.76. The summed E-state index contributed by atoms with van der Waals surface area (Å²) < 4.78 is 10.7. The minimum absolute atomic E-state index is 0.0121. The van der Waals surface area contributed by atoms with Crippen LogP contribution in [0.5, 0.6) is 11.5 Å². The highest BCUT2D eigenvalue weighted by Crippen LogP contribution is 2.39. The van der Waals surface area contributed by atoms with Gasteiger partial charge in [0.25, 0.3) is 0 Å². The van der Waals surface area contributed by atoms with Gasteiger partial charge in [0.2, 0.25) is 11.9 Å². The third-order valence-electron chi connectivity index (χ3n) is 5.14. The summed E-state index contributed by atoms with van der Waals surface area (Å²) >= 11 is 0. The van der Waals surface area contributed by atoms with Crippen molar-refractivity contribution in [2.75, 3.05) is 44.5 Å². The number of carbonyl (C=O) groups is 1. The van der Waals surface area contributed by atoms with Crippen molar-refractivity contribution in [1.29, 1.82) is 0 Å². The van der Waals surface area contributed by atoms with Crippen LogP contribution < -0.4 is 25.4 Å². The van der Waals surface area contributed by atoms with Crippen LogP contribution in [0.1, 0.15) is 12.8 Å². The molecule has 2 aromatic rings. The lowest BCUT2D eigenvalue weighted by Crippen LogP contribution is -2.30. The zero-order valence-electron chi connectivity index (χ0n) is 14.3. The normalized spacial score (nSPS) is 22.6. The quantitative estimate of drug-likeness (QED) is 0.855. The molecule has 0 bridgehead atoms. The van der Waals surface area contributed by atoms with E-state index in [1.807, 2.05) is 6.07 Å². The maximum absolute atomic E-state index is 11.6. The standard InChI is InChI=1S/C17H21N5O3/c1-24-12-5-10-11(6-13(12)25-2)20-16(21-15(10)18)22-4-3-17(9-22)7-14(23)19-8-17/h5-6H,3-4,7-9H2,1-2H3,(H,19,23)(H2,18,20,21). The fourth-order valence-corrected chi connectivity index (χ4v) is 3.75. The Morgan fingerprint density at radius 3 is 2.68 bits per heavy atom. The number of carbonyl (C=O) groups excluding carboxylic acids is 1. The molecule has 1 unspecified atom stereocenters. The number of aromatic nitrogens is 2. The molecule has 132 valence electrons. The molecular formula is C17H21N5O3. The van der Waals surface area contributed by atoms with E-state index in [4.69, 9.17) is 15.2 Å². The topological polar surface area (TPSA) is 103 Å². The first kappa shape index (κ1) is 15.7. The molecule has 0 saturated carbocycles. The van der Waals surface area contributed by atoms with Gasteiger partial charge in [0.1, 0.15) is 5.82 Å². The molecule has 1 amide bonds. The highest BCUT2D eigenvalue weighted by molar-refractivity contribution is 5.91. The van der Waals surface area contributed by atoms with Crippen LogP contribution in [0.15, 0.2) is 12.1 Å². The number of ether oxygens (including phenoxy) is 2. The van der Waals surface area contributed by atoms with Gasteiger partial charge in [-0.2, -0.15) is 4.98 Å². The van der Waals surface area contributed by atoms with Crippen LogP contribution in [0.2, 0.25) is 0 Å². The molecule has 1 aromatic heterocycles. The van der Waals surface area contributed by atoms with Crippen molar-refractivity contribution in [2.24, 2.45) is 5.41 Å². The second kappa shape index (κ2) is 5.65. The number of hydrogen-bond acceptors (Lipinski definition) is 7. The first-order valence-corrected chi connectivity index (χ1v) is 8.24. The minimum Gasteiger partial charge on any atom is -0.493 e. The number of benzene rings is 1. The van der Waals surface area contributed by atoms with Gasteiger partial charge in [0.05, 0.1) is 19.7 Å². The van der Waals surface area contributed by atoms with E-state index in [9.17, 15) is 4.79 Å². The SMILES string of the molecule is COc1cc2nc(N3CCC4(CNC(=O)C4)C3)nc(N)c2cc1OC. The number of nitrogens with two attached hydrogens (primary N) is 1. The molecule has 3 heterocycles. The van der Waals surface area contributed by atoms with Crippen molar-refractivity contribution in [3.63, 3.8) is 0 Å². The van der Waals surface area contributed by atoms with Crippen molar-refractivity contribution >= 4 is 28.6 Å². The molecule has 25 heavy (non-hydrogen) atoms. The molecule has 2 fully saturated rings. The molecule has 8 heteroatoms. The third-order valence-corrected chi connectivity index (χ3v) is 5.14. The lowest BCUT2D eigenvalue weighted by molar-refractivity contribution is -0.119. The zero-order chi connectivity index (χ0) is 17.6. The van der Waals surface area contributed by atoms with Gasteiger partial charge in [-0.25, -0.2) is 4.98 Å². The molecule has 1 aromatic carbocycles. The lowest BCUT2D eigenvalue weighted by Gasteiger charge is -2.22. The number of nitrogens with zero attached hydrogens (tertiary/aromatic N) is 3. The summed E-state index contributed by atoms with van der Waals surface area (Å²) in [6.07, 6.45) is 1.51. The maximum atomic E-state index is 11.6. The summed E-state index contributed by atoms with van der Waals surface area (Å²) in [5.74, 6) is 2.31. The summed E-state index contributed by atoms with van der Waals surface area (Å²) in [4.78, 5) is 22.9. The molecule has 1 atom stereocenters. The van der Waals surface area contributed by atoms with Crippen LogP contribution in [0.3, 0.4) is 0 Å². The number of rotatable bonds is 3. The highest BCUT2D eigenvalue weighted by Gasteiger charge is 2.44. The first-order valence-electron chi connectivity index (χ1n) is 8.24. The summed E-state index contributed by atoms with van der Waals surface area (Å²) in [5.41, 5.74) is 6.86. The number of anilines is 2. The largest absolute Gasteiger partial charge is 0.493 e.